The Balaban J connectivity index is 2.54. The van der Waals surface area contributed by atoms with E-state index < -0.39 is 0 Å². The number of nitrogens with one attached hydrogen (secondary N) is 1. The number of hydrogen-bond acceptors (Lipinski definition) is 3. The number of nitrogens with zero attached hydrogens (tertiary/aromatic N) is 2. The van der Waals surface area contributed by atoms with Crippen LogP contribution in [0.25, 0.3) is 0 Å². The van der Waals surface area contributed by atoms with E-state index in [1.807, 2.05) is 12.5 Å². The molecule has 0 aliphatic heterocycles. The highest BCUT2D eigenvalue weighted by Gasteiger charge is 1.97. The first kappa shape index (κ1) is 8.23. The van der Waals surface area contributed by atoms with E-state index in [4.69, 9.17) is 4.84 Å². The van der Waals surface area contributed by atoms with E-state index in [2.05, 4.69) is 22.0 Å². The Kier molecular flexibility index (Phi) is 3.07. The number of aryl methyl sites for hydroxylation is 1. The molecule has 0 radical (unpaired) electrons. The van der Waals surface area contributed by atoms with Crippen LogP contribution in [0.5, 0.6) is 0 Å². The van der Waals surface area contributed by atoms with E-state index in [-0.39, 0.29) is 0 Å². The first-order valence-corrected chi connectivity index (χ1v) is 3.63. The summed E-state index contributed by atoms with van der Waals surface area (Å²) in [7, 11) is 1.60. The predicted octanol–water partition coefficient (Wildman–Crippen LogP) is 0.554. The third-order valence-electron chi connectivity index (χ3n) is 1.54. The molecule has 0 spiro atoms. The summed E-state index contributed by atoms with van der Waals surface area (Å²) in [6, 6.07) is 0. The van der Waals surface area contributed by atoms with Gasteiger partial charge in [0.25, 0.3) is 0 Å². The molecule has 0 bridgehead atoms. The lowest BCUT2D eigenvalue weighted by molar-refractivity contribution is 0.0850. The van der Waals surface area contributed by atoms with Crippen LogP contribution in [0, 0.1) is 0 Å². The first-order valence-electron chi connectivity index (χ1n) is 3.63. The summed E-state index contributed by atoms with van der Waals surface area (Å²) in [5.74, 6) is 0. The smallest absolute Gasteiger partial charge is 0.0948 e. The Morgan fingerprint density at radius 3 is 3.18 bits per heavy atom. The molecule has 1 N–H and O–H groups in total. The van der Waals surface area contributed by atoms with Crippen LogP contribution < -0.4 is 5.48 Å². The van der Waals surface area contributed by atoms with Gasteiger partial charge in [-0.2, -0.15) is 5.48 Å². The second kappa shape index (κ2) is 4.10. The van der Waals surface area contributed by atoms with Crippen molar-refractivity contribution in [1.82, 2.24) is 15.0 Å². The molecule has 0 amide bonds. The molecule has 1 aromatic rings. The van der Waals surface area contributed by atoms with Crippen LogP contribution in [0.4, 0.5) is 0 Å². The minimum atomic E-state index is 0.699. The lowest BCUT2D eigenvalue weighted by atomic mass is 10.4. The summed E-state index contributed by atoms with van der Waals surface area (Å²) in [4.78, 5) is 8.74. The van der Waals surface area contributed by atoms with Crippen molar-refractivity contribution in [3.8, 4) is 0 Å². The summed E-state index contributed by atoms with van der Waals surface area (Å²) in [5, 5.41) is 0. The number of rotatable bonds is 4. The molecule has 4 nitrogen and oxygen atoms in total. The number of hydrogen-bond donors (Lipinski definition) is 1. The van der Waals surface area contributed by atoms with Crippen LogP contribution in [0.2, 0.25) is 0 Å². The predicted molar refractivity (Wildman–Crippen MR) is 41.7 cm³/mol. The second-order valence-corrected chi connectivity index (χ2v) is 2.20. The fourth-order valence-corrected chi connectivity index (χ4v) is 0.926. The van der Waals surface area contributed by atoms with Gasteiger partial charge in [-0.05, 0) is 6.92 Å². The normalized spacial score (nSPS) is 10.4. The Morgan fingerprint density at radius 2 is 2.55 bits per heavy atom. The molecule has 1 aromatic heterocycles. The van der Waals surface area contributed by atoms with Crippen LogP contribution >= 0.6 is 0 Å². The van der Waals surface area contributed by atoms with Crippen molar-refractivity contribution in [3.05, 3.63) is 18.2 Å². The average Bonchev–Trinajstić information content (AvgIpc) is 2.47. The van der Waals surface area contributed by atoms with Crippen molar-refractivity contribution in [1.29, 1.82) is 0 Å². The standard InChI is InChI=1S/C7H13N3O/c1-3-10-6-8-4-7(10)5-9-11-2/h4,6,9H,3,5H2,1-2H3. The molecule has 62 valence electrons. The van der Waals surface area contributed by atoms with Gasteiger partial charge in [-0.3, -0.25) is 0 Å². The minimum Gasteiger partial charge on any atom is -0.334 e. The molecular weight excluding hydrogens is 142 g/mol. The highest BCUT2D eigenvalue weighted by atomic mass is 16.6. The van der Waals surface area contributed by atoms with Gasteiger partial charge in [-0.1, -0.05) is 0 Å². The number of aromatic nitrogens is 2. The van der Waals surface area contributed by atoms with Crippen molar-refractivity contribution in [2.75, 3.05) is 7.11 Å². The van der Waals surface area contributed by atoms with E-state index in [0.29, 0.717) is 6.54 Å². The van der Waals surface area contributed by atoms with Gasteiger partial charge in [0, 0.05) is 12.7 Å². The number of imidazole rings is 1. The fraction of sp³-hybridized carbons (Fsp3) is 0.571. The van der Waals surface area contributed by atoms with Gasteiger partial charge < -0.3 is 9.40 Å². The SMILES string of the molecule is CCn1cncc1CNOC. The van der Waals surface area contributed by atoms with E-state index in [1.54, 1.807) is 7.11 Å². The molecule has 0 saturated heterocycles. The zero-order valence-corrected chi connectivity index (χ0v) is 6.87. The Hall–Kier alpha value is -0.870. The van der Waals surface area contributed by atoms with Crippen LogP contribution in [-0.2, 0) is 17.9 Å². The molecule has 1 heterocycles. The van der Waals surface area contributed by atoms with E-state index in [1.165, 1.54) is 0 Å². The van der Waals surface area contributed by atoms with Crippen LogP contribution in [-0.4, -0.2) is 16.7 Å². The van der Waals surface area contributed by atoms with E-state index in [9.17, 15) is 0 Å². The van der Waals surface area contributed by atoms with Gasteiger partial charge in [0.2, 0.25) is 0 Å². The zero-order chi connectivity index (χ0) is 8.10. The zero-order valence-electron chi connectivity index (χ0n) is 6.87. The van der Waals surface area contributed by atoms with Gasteiger partial charge in [-0.15, -0.1) is 0 Å². The molecule has 0 fully saturated rings. The largest absolute Gasteiger partial charge is 0.334 e. The van der Waals surface area contributed by atoms with Crippen LogP contribution in [0.3, 0.4) is 0 Å². The Morgan fingerprint density at radius 1 is 1.73 bits per heavy atom. The summed E-state index contributed by atoms with van der Waals surface area (Å²) >= 11 is 0. The van der Waals surface area contributed by atoms with E-state index in [0.717, 1.165) is 12.2 Å². The van der Waals surface area contributed by atoms with Crippen molar-refractivity contribution in [2.24, 2.45) is 0 Å². The van der Waals surface area contributed by atoms with Crippen molar-refractivity contribution >= 4 is 0 Å². The highest BCUT2D eigenvalue weighted by Crippen LogP contribution is 1.97. The maximum Gasteiger partial charge on any atom is 0.0948 e. The summed E-state index contributed by atoms with van der Waals surface area (Å²) in [6.07, 6.45) is 3.64. The lowest BCUT2D eigenvalue weighted by Gasteiger charge is -2.04. The quantitative estimate of drug-likeness (QED) is 0.645. The van der Waals surface area contributed by atoms with Crippen LogP contribution in [0.15, 0.2) is 12.5 Å². The van der Waals surface area contributed by atoms with Gasteiger partial charge in [0.1, 0.15) is 0 Å². The molecule has 11 heavy (non-hydrogen) atoms. The summed E-state index contributed by atoms with van der Waals surface area (Å²) in [6.45, 7) is 3.73. The van der Waals surface area contributed by atoms with E-state index >= 15 is 0 Å². The third-order valence-corrected chi connectivity index (χ3v) is 1.54. The fourth-order valence-electron chi connectivity index (χ4n) is 0.926. The maximum absolute atomic E-state index is 4.72. The highest BCUT2D eigenvalue weighted by molar-refractivity contribution is 4.96. The van der Waals surface area contributed by atoms with Gasteiger partial charge in [0.05, 0.1) is 25.7 Å². The molecule has 4 heteroatoms. The molecule has 0 atom stereocenters. The molecule has 0 aliphatic rings. The molecule has 0 aliphatic carbocycles. The molecule has 1 rings (SSSR count). The van der Waals surface area contributed by atoms with Crippen LogP contribution in [0.1, 0.15) is 12.6 Å². The van der Waals surface area contributed by atoms with Crippen molar-refractivity contribution < 1.29 is 4.84 Å². The molecule has 0 saturated carbocycles. The first-order chi connectivity index (χ1) is 5.38. The Bertz CT molecular complexity index is 209. The average molecular weight is 155 g/mol. The maximum atomic E-state index is 4.72. The topological polar surface area (TPSA) is 39.1 Å². The summed E-state index contributed by atoms with van der Waals surface area (Å²) < 4.78 is 2.06. The second-order valence-electron chi connectivity index (χ2n) is 2.20. The van der Waals surface area contributed by atoms with Crippen molar-refractivity contribution in [2.45, 2.75) is 20.0 Å². The van der Waals surface area contributed by atoms with Gasteiger partial charge >= 0.3 is 0 Å². The van der Waals surface area contributed by atoms with Gasteiger partial charge in [-0.25, -0.2) is 4.98 Å². The minimum absolute atomic E-state index is 0.699. The molecule has 0 aromatic carbocycles. The monoisotopic (exact) mass is 155 g/mol. The Labute approximate surface area is 66.1 Å². The lowest BCUT2D eigenvalue weighted by Crippen LogP contribution is -2.13. The third kappa shape index (κ3) is 2.03. The number of hydroxylamine groups is 1. The molecule has 0 unspecified atom stereocenters. The van der Waals surface area contributed by atoms with Crippen molar-refractivity contribution in [3.63, 3.8) is 0 Å². The van der Waals surface area contributed by atoms with Gasteiger partial charge in [0.15, 0.2) is 0 Å². The summed E-state index contributed by atoms with van der Waals surface area (Å²) in [5.41, 5.74) is 3.90. The molecular formula is C7H13N3O.